The second-order valence-electron chi connectivity index (χ2n) is 3.46. The number of carbonyl (C=O) groups excluding carboxylic acids is 2. The smallest absolute Gasteiger partial charge is 0.248 e. The molecule has 0 aromatic heterocycles. The number of rotatable bonds is 4. The lowest BCUT2D eigenvalue weighted by molar-refractivity contribution is -0.126. The zero-order chi connectivity index (χ0) is 11.4. The molecule has 15 heavy (non-hydrogen) atoms. The van der Waals surface area contributed by atoms with Crippen molar-refractivity contribution in [1.82, 2.24) is 10.6 Å². The molecule has 6 nitrogen and oxygen atoms in total. The molecule has 0 aromatic rings. The Labute approximate surface area is 87.5 Å². The molecule has 2 amide bonds. The highest BCUT2D eigenvalue weighted by molar-refractivity contribution is 5.94. The number of hydrogen-bond donors (Lipinski definition) is 4. The van der Waals surface area contributed by atoms with Crippen LogP contribution in [0.2, 0.25) is 0 Å². The Kier molecular flexibility index (Phi) is 3.81. The number of nitrogens with one attached hydrogen (secondary N) is 2. The fraction of sp³-hybridized carbons (Fsp3) is 0.556. The molecule has 0 radical (unpaired) electrons. The van der Waals surface area contributed by atoms with Crippen LogP contribution in [0, 0.1) is 0 Å². The quantitative estimate of drug-likeness (QED) is 0.400. The van der Waals surface area contributed by atoms with Gasteiger partial charge in [0, 0.05) is 18.7 Å². The van der Waals surface area contributed by atoms with E-state index in [4.69, 9.17) is 10.8 Å². The molecule has 0 bridgehead atoms. The second-order valence-corrected chi connectivity index (χ2v) is 3.46. The molecule has 1 rings (SSSR count). The number of primary amides is 1. The highest BCUT2D eigenvalue weighted by Crippen LogP contribution is 2.08. The van der Waals surface area contributed by atoms with Gasteiger partial charge in [-0.1, -0.05) is 0 Å². The van der Waals surface area contributed by atoms with Crippen molar-refractivity contribution in [3.63, 3.8) is 0 Å². The van der Waals surface area contributed by atoms with Gasteiger partial charge in [-0.25, -0.2) is 0 Å². The Morgan fingerprint density at radius 3 is 2.60 bits per heavy atom. The molecule has 0 saturated carbocycles. The zero-order valence-electron chi connectivity index (χ0n) is 8.54. The first-order valence-electron chi connectivity index (χ1n) is 4.67. The first-order valence-corrected chi connectivity index (χ1v) is 4.67. The van der Waals surface area contributed by atoms with Crippen molar-refractivity contribution in [3.05, 3.63) is 11.1 Å². The largest absolute Gasteiger partial charge is 0.381 e. The average Bonchev–Trinajstić information content (AvgIpc) is 2.10. The summed E-state index contributed by atoms with van der Waals surface area (Å²) < 4.78 is 0. The van der Waals surface area contributed by atoms with Crippen molar-refractivity contribution in [2.45, 2.75) is 13.0 Å². The lowest BCUT2D eigenvalue weighted by Gasteiger charge is -2.21. The van der Waals surface area contributed by atoms with Crippen molar-refractivity contribution in [2.75, 3.05) is 19.6 Å². The normalized spacial score (nSPS) is 16.5. The number of aliphatic hydroxyl groups excluding tert-OH is 1. The van der Waals surface area contributed by atoms with E-state index in [1.807, 2.05) is 0 Å². The molecule has 0 aromatic carbocycles. The standard InChI is InChI=1S/C9H15N3O3/c1-5(6-2-11-3-6)9(15)12-4-7(13)8(10)14/h7,11,13H,2-4H2,1H3,(H2,10,14)(H,12,15). The maximum Gasteiger partial charge on any atom is 0.248 e. The molecular weight excluding hydrogens is 198 g/mol. The van der Waals surface area contributed by atoms with Gasteiger partial charge in [0.1, 0.15) is 6.10 Å². The van der Waals surface area contributed by atoms with Crippen molar-refractivity contribution >= 4 is 11.8 Å². The van der Waals surface area contributed by atoms with Gasteiger partial charge in [0.05, 0.1) is 6.54 Å². The minimum atomic E-state index is -1.33. The lowest BCUT2D eigenvalue weighted by atomic mass is 10.0. The molecule has 1 aliphatic rings. The molecule has 1 unspecified atom stereocenters. The first-order chi connectivity index (χ1) is 7.02. The third-order valence-electron chi connectivity index (χ3n) is 2.33. The van der Waals surface area contributed by atoms with E-state index in [1.165, 1.54) is 0 Å². The summed E-state index contributed by atoms with van der Waals surface area (Å²) in [7, 11) is 0. The van der Waals surface area contributed by atoms with Crippen molar-refractivity contribution in [1.29, 1.82) is 0 Å². The predicted molar refractivity (Wildman–Crippen MR) is 53.8 cm³/mol. The molecule has 1 heterocycles. The Morgan fingerprint density at radius 2 is 2.20 bits per heavy atom. The Bertz CT molecular complexity index is 306. The highest BCUT2D eigenvalue weighted by atomic mass is 16.3. The van der Waals surface area contributed by atoms with Gasteiger partial charge in [0.2, 0.25) is 11.8 Å². The van der Waals surface area contributed by atoms with Crippen LogP contribution in [0.25, 0.3) is 0 Å². The summed E-state index contributed by atoms with van der Waals surface area (Å²) in [6, 6.07) is 0. The maximum absolute atomic E-state index is 11.4. The van der Waals surface area contributed by atoms with Gasteiger partial charge < -0.3 is 21.5 Å². The van der Waals surface area contributed by atoms with Crippen molar-refractivity contribution in [3.8, 4) is 0 Å². The lowest BCUT2D eigenvalue weighted by Crippen LogP contribution is -2.42. The van der Waals surface area contributed by atoms with E-state index in [-0.39, 0.29) is 12.5 Å². The summed E-state index contributed by atoms with van der Waals surface area (Å²) in [4.78, 5) is 21.9. The second kappa shape index (κ2) is 4.90. The van der Waals surface area contributed by atoms with Crippen LogP contribution in [-0.4, -0.2) is 42.7 Å². The Balaban J connectivity index is 2.39. The summed E-state index contributed by atoms with van der Waals surface area (Å²) in [5.41, 5.74) is 6.51. The van der Waals surface area contributed by atoms with Crippen LogP contribution < -0.4 is 16.4 Å². The number of carbonyl (C=O) groups is 2. The third-order valence-corrected chi connectivity index (χ3v) is 2.33. The zero-order valence-corrected chi connectivity index (χ0v) is 8.54. The third kappa shape index (κ3) is 3.03. The fourth-order valence-corrected chi connectivity index (χ4v) is 1.10. The highest BCUT2D eigenvalue weighted by Gasteiger charge is 2.17. The fourth-order valence-electron chi connectivity index (χ4n) is 1.10. The van der Waals surface area contributed by atoms with Gasteiger partial charge in [-0.3, -0.25) is 9.59 Å². The van der Waals surface area contributed by atoms with Crippen LogP contribution in [0.1, 0.15) is 6.92 Å². The van der Waals surface area contributed by atoms with E-state index in [0.717, 1.165) is 18.7 Å². The van der Waals surface area contributed by atoms with Gasteiger partial charge in [0.25, 0.3) is 0 Å². The molecule has 0 spiro atoms. The molecule has 6 heteroatoms. The van der Waals surface area contributed by atoms with Gasteiger partial charge in [-0.05, 0) is 12.5 Å². The van der Waals surface area contributed by atoms with Crippen LogP contribution >= 0.6 is 0 Å². The molecule has 5 N–H and O–H groups in total. The van der Waals surface area contributed by atoms with Crippen LogP contribution in [0.3, 0.4) is 0 Å². The molecule has 1 aliphatic heterocycles. The monoisotopic (exact) mass is 213 g/mol. The SMILES string of the molecule is CC(C(=O)NCC(O)C(N)=O)=C1CNC1. The molecule has 84 valence electrons. The van der Waals surface area contributed by atoms with Crippen LogP contribution in [0.15, 0.2) is 11.1 Å². The molecule has 1 atom stereocenters. The van der Waals surface area contributed by atoms with E-state index >= 15 is 0 Å². The maximum atomic E-state index is 11.4. The van der Waals surface area contributed by atoms with E-state index < -0.39 is 12.0 Å². The molecule has 1 fully saturated rings. The summed E-state index contributed by atoms with van der Waals surface area (Å²) in [6.45, 7) is 3.00. The minimum absolute atomic E-state index is 0.147. The van der Waals surface area contributed by atoms with Crippen molar-refractivity contribution in [2.24, 2.45) is 5.73 Å². The van der Waals surface area contributed by atoms with Gasteiger partial charge in [-0.2, -0.15) is 0 Å². The topological polar surface area (TPSA) is 104 Å². The Hall–Kier alpha value is -1.40. The van der Waals surface area contributed by atoms with Gasteiger partial charge >= 0.3 is 0 Å². The van der Waals surface area contributed by atoms with Gasteiger partial charge in [0.15, 0.2) is 0 Å². The van der Waals surface area contributed by atoms with Crippen LogP contribution in [0.4, 0.5) is 0 Å². The van der Waals surface area contributed by atoms with Crippen LogP contribution in [-0.2, 0) is 9.59 Å². The van der Waals surface area contributed by atoms with Crippen LogP contribution in [0.5, 0.6) is 0 Å². The number of nitrogens with two attached hydrogens (primary N) is 1. The first kappa shape index (κ1) is 11.7. The number of amides is 2. The average molecular weight is 213 g/mol. The molecule has 0 aliphatic carbocycles. The predicted octanol–water partition coefficient (Wildman–Crippen LogP) is -2.13. The van der Waals surface area contributed by atoms with Crippen molar-refractivity contribution < 1.29 is 14.7 Å². The summed E-state index contributed by atoms with van der Waals surface area (Å²) in [5, 5.41) is 14.5. The van der Waals surface area contributed by atoms with Gasteiger partial charge in [-0.15, -0.1) is 0 Å². The number of aliphatic hydroxyl groups is 1. The van der Waals surface area contributed by atoms with E-state index in [9.17, 15) is 9.59 Å². The summed E-state index contributed by atoms with van der Waals surface area (Å²) in [6.07, 6.45) is -1.33. The Morgan fingerprint density at radius 1 is 1.60 bits per heavy atom. The van der Waals surface area contributed by atoms with E-state index in [1.54, 1.807) is 6.92 Å². The molecular formula is C9H15N3O3. The summed E-state index contributed by atoms with van der Waals surface area (Å²) >= 11 is 0. The number of hydrogen-bond acceptors (Lipinski definition) is 4. The van der Waals surface area contributed by atoms with E-state index in [2.05, 4.69) is 10.6 Å². The van der Waals surface area contributed by atoms with E-state index in [0.29, 0.717) is 5.57 Å². The minimum Gasteiger partial charge on any atom is -0.381 e. The summed E-state index contributed by atoms with van der Waals surface area (Å²) in [5.74, 6) is -1.11. The molecule has 1 saturated heterocycles.